The number of hydrogen-bond donors (Lipinski definition) is 1. The normalized spacial score (nSPS) is 12.0. The molecule has 0 heterocycles. The van der Waals surface area contributed by atoms with Crippen LogP contribution >= 0.6 is 0 Å². The lowest BCUT2D eigenvalue weighted by Gasteiger charge is -2.14. The molecule has 4 nitrogen and oxygen atoms in total. The molecule has 1 aromatic carbocycles. The Bertz CT molecular complexity index is 446. The van der Waals surface area contributed by atoms with Crippen LogP contribution in [0.15, 0.2) is 18.2 Å². The van der Waals surface area contributed by atoms with Crippen LogP contribution in [-0.2, 0) is 11.3 Å². The van der Waals surface area contributed by atoms with Crippen molar-refractivity contribution in [3.05, 3.63) is 29.3 Å². The maximum absolute atomic E-state index is 12.1. The quantitative estimate of drug-likeness (QED) is 0.708. The summed E-state index contributed by atoms with van der Waals surface area (Å²) in [5.74, 6) is 0.702. The summed E-state index contributed by atoms with van der Waals surface area (Å²) in [5.41, 5.74) is 1.55. The molecule has 1 amide bonds. The van der Waals surface area contributed by atoms with Crippen molar-refractivity contribution in [3.63, 3.8) is 0 Å². The highest BCUT2D eigenvalue weighted by molar-refractivity contribution is 5.94. The predicted molar refractivity (Wildman–Crippen MR) is 84.8 cm³/mol. The molecule has 1 N–H and O–H groups in total. The van der Waals surface area contributed by atoms with Gasteiger partial charge in [0.25, 0.3) is 5.91 Å². The Labute approximate surface area is 127 Å². The van der Waals surface area contributed by atoms with Crippen LogP contribution in [0.1, 0.15) is 56.0 Å². The predicted octanol–water partition coefficient (Wildman–Crippen LogP) is 3.54. The molecule has 0 radical (unpaired) electrons. The van der Waals surface area contributed by atoms with Gasteiger partial charge in [0.15, 0.2) is 0 Å². The lowest BCUT2D eigenvalue weighted by Crippen LogP contribution is -2.31. The molecular formula is C17H27NO3. The summed E-state index contributed by atoms with van der Waals surface area (Å²) >= 11 is 0. The lowest BCUT2D eigenvalue weighted by molar-refractivity contribution is 0.0938. The van der Waals surface area contributed by atoms with Gasteiger partial charge in [0.05, 0.1) is 13.7 Å². The third kappa shape index (κ3) is 5.76. The van der Waals surface area contributed by atoms with E-state index in [0.29, 0.717) is 12.2 Å². The maximum Gasteiger partial charge on any atom is 0.251 e. The van der Waals surface area contributed by atoms with Crippen molar-refractivity contribution in [2.45, 2.75) is 52.7 Å². The highest BCUT2D eigenvalue weighted by atomic mass is 16.5. The van der Waals surface area contributed by atoms with E-state index in [9.17, 15) is 4.79 Å². The van der Waals surface area contributed by atoms with E-state index in [0.717, 1.165) is 37.2 Å². The van der Waals surface area contributed by atoms with Crippen molar-refractivity contribution in [2.75, 3.05) is 13.7 Å². The third-order valence-corrected chi connectivity index (χ3v) is 3.43. The van der Waals surface area contributed by atoms with Crippen LogP contribution in [0.2, 0.25) is 0 Å². The fourth-order valence-corrected chi connectivity index (χ4v) is 1.87. The van der Waals surface area contributed by atoms with Crippen LogP contribution in [0.3, 0.4) is 0 Å². The monoisotopic (exact) mass is 293 g/mol. The van der Waals surface area contributed by atoms with Crippen LogP contribution in [0.4, 0.5) is 0 Å². The molecule has 0 aliphatic heterocycles. The summed E-state index contributed by atoms with van der Waals surface area (Å²) < 4.78 is 11.0. The van der Waals surface area contributed by atoms with Crippen LogP contribution < -0.4 is 10.1 Å². The fraction of sp³-hybridized carbons (Fsp3) is 0.588. The van der Waals surface area contributed by atoms with Gasteiger partial charge in [-0.3, -0.25) is 4.79 Å². The number of rotatable bonds is 9. The molecule has 4 heteroatoms. The van der Waals surface area contributed by atoms with E-state index in [1.807, 2.05) is 26.0 Å². The van der Waals surface area contributed by atoms with Gasteiger partial charge in [-0.2, -0.15) is 0 Å². The molecule has 0 aromatic heterocycles. The van der Waals surface area contributed by atoms with E-state index in [4.69, 9.17) is 9.47 Å². The molecule has 1 aromatic rings. The lowest BCUT2D eigenvalue weighted by atomic mass is 10.1. The number of hydrogen-bond acceptors (Lipinski definition) is 3. The van der Waals surface area contributed by atoms with Crippen molar-refractivity contribution in [1.82, 2.24) is 5.32 Å². The minimum Gasteiger partial charge on any atom is -0.496 e. The maximum atomic E-state index is 12.1. The minimum atomic E-state index is -0.0539. The zero-order valence-corrected chi connectivity index (χ0v) is 13.6. The van der Waals surface area contributed by atoms with Crippen molar-refractivity contribution in [3.8, 4) is 5.75 Å². The third-order valence-electron chi connectivity index (χ3n) is 3.43. The van der Waals surface area contributed by atoms with Gasteiger partial charge in [0, 0.05) is 23.8 Å². The number of benzene rings is 1. The Hall–Kier alpha value is -1.55. The molecule has 0 spiro atoms. The molecule has 0 aliphatic carbocycles. The molecular weight excluding hydrogens is 266 g/mol. The van der Waals surface area contributed by atoms with Gasteiger partial charge in [-0.25, -0.2) is 0 Å². The van der Waals surface area contributed by atoms with Crippen molar-refractivity contribution < 1.29 is 14.3 Å². The van der Waals surface area contributed by atoms with E-state index in [1.54, 1.807) is 13.2 Å². The first kappa shape index (κ1) is 17.5. The summed E-state index contributed by atoms with van der Waals surface area (Å²) in [6.45, 7) is 7.36. The van der Waals surface area contributed by atoms with Gasteiger partial charge in [-0.15, -0.1) is 0 Å². The molecule has 1 atom stereocenters. The minimum absolute atomic E-state index is 0.0539. The summed E-state index contributed by atoms with van der Waals surface area (Å²) in [7, 11) is 1.63. The summed E-state index contributed by atoms with van der Waals surface area (Å²) in [6.07, 6.45) is 3.06. The van der Waals surface area contributed by atoms with E-state index < -0.39 is 0 Å². The van der Waals surface area contributed by atoms with Crippen LogP contribution in [0.5, 0.6) is 5.75 Å². The van der Waals surface area contributed by atoms with Gasteiger partial charge in [-0.05, 0) is 38.0 Å². The first-order chi connectivity index (χ1) is 10.1. The summed E-state index contributed by atoms with van der Waals surface area (Å²) in [6, 6.07) is 5.63. The van der Waals surface area contributed by atoms with Gasteiger partial charge in [-0.1, -0.05) is 20.3 Å². The number of carbonyl (C=O) groups excluding carboxylic acids is 1. The average Bonchev–Trinajstić information content (AvgIpc) is 2.51. The molecule has 0 saturated heterocycles. The number of unbranched alkanes of at least 4 members (excludes halogenated alkanes) is 1. The largest absolute Gasteiger partial charge is 0.496 e. The van der Waals surface area contributed by atoms with Crippen molar-refractivity contribution in [2.24, 2.45) is 0 Å². The zero-order valence-electron chi connectivity index (χ0n) is 13.6. The van der Waals surface area contributed by atoms with Crippen LogP contribution in [0.25, 0.3) is 0 Å². The Kier molecular flexibility index (Phi) is 7.83. The van der Waals surface area contributed by atoms with Crippen molar-refractivity contribution in [1.29, 1.82) is 0 Å². The van der Waals surface area contributed by atoms with Crippen molar-refractivity contribution >= 4 is 5.91 Å². The molecule has 118 valence electrons. The second-order valence-electron chi connectivity index (χ2n) is 5.22. The van der Waals surface area contributed by atoms with Gasteiger partial charge < -0.3 is 14.8 Å². The Morgan fingerprint density at radius 2 is 2.10 bits per heavy atom. The molecule has 21 heavy (non-hydrogen) atoms. The number of ether oxygens (including phenoxy) is 2. The standard InChI is InChI=1S/C17H27NO3/c1-5-7-10-21-12-15-11-14(8-9-16(15)20-4)17(19)18-13(3)6-2/h8-9,11,13H,5-7,10,12H2,1-4H3,(H,18,19). The number of methoxy groups -OCH3 is 1. The molecule has 0 bridgehead atoms. The van der Waals surface area contributed by atoms with Gasteiger partial charge >= 0.3 is 0 Å². The highest BCUT2D eigenvalue weighted by Gasteiger charge is 2.12. The Morgan fingerprint density at radius 1 is 1.33 bits per heavy atom. The van der Waals surface area contributed by atoms with E-state index in [2.05, 4.69) is 12.2 Å². The molecule has 1 unspecified atom stereocenters. The fourth-order valence-electron chi connectivity index (χ4n) is 1.87. The van der Waals surface area contributed by atoms with E-state index >= 15 is 0 Å². The number of amides is 1. The average molecular weight is 293 g/mol. The van der Waals surface area contributed by atoms with Crippen LogP contribution in [-0.4, -0.2) is 25.7 Å². The van der Waals surface area contributed by atoms with Crippen LogP contribution in [0, 0.1) is 0 Å². The second-order valence-corrected chi connectivity index (χ2v) is 5.22. The molecule has 0 saturated carbocycles. The van der Waals surface area contributed by atoms with E-state index in [-0.39, 0.29) is 11.9 Å². The number of nitrogens with one attached hydrogen (secondary N) is 1. The van der Waals surface area contributed by atoms with Gasteiger partial charge in [0.2, 0.25) is 0 Å². The molecule has 0 fully saturated rings. The first-order valence-electron chi connectivity index (χ1n) is 7.67. The highest BCUT2D eigenvalue weighted by Crippen LogP contribution is 2.21. The van der Waals surface area contributed by atoms with Gasteiger partial charge in [0.1, 0.15) is 5.75 Å². The smallest absolute Gasteiger partial charge is 0.251 e. The Morgan fingerprint density at radius 3 is 2.71 bits per heavy atom. The second kappa shape index (κ2) is 9.40. The summed E-state index contributed by atoms with van der Waals surface area (Å²) in [4.78, 5) is 12.1. The van der Waals surface area contributed by atoms with E-state index in [1.165, 1.54) is 0 Å². The topological polar surface area (TPSA) is 47.6 Å². The summed E-state index contributed by atoms with van der Waals surface area (Å²) in [5, 5.41) is 2.97. The first-order valence-corrected chi connectivity index (χ1v) is 7.67. The molecule has 1 rings (SSSR count). The molecule has 0 aliphatic rings. The SMILES string of the molecule is CCCCOCc1cc(C(=O)NC(C)CC)ccc1OC. The Balaban J connectivity index is 2.76. The number of carbonyl (C=O) groups is 1. The zero-order chi connectivity index (χ0) is 15.7.